The predicted molar refractivity (Wildman–Crippen MR) is 22.4 cm³/mol. The number of aliphatic hydroxyl groups excluding tert-OH is 2. The summed E-state index contributed by atoms with van der Waals surface area (Å²) in [4.78, 5) is 0. The van der Waals surface area contributed by atoms with Crippen LogP contribution in [0.2, 0.25) is 0 Å². The van der Waals surface area contributed by atoms with Gasteiger partial charge in [0.15, 0.2) is 0 Å². The van der Waals surface area contributed by atoms with Crippen molar-refractivity contribution in [3.63, 3.8) is 0 Å². The Labute approximate surface area is 36.0 Å². The van der Waals surface area contributed by atoms with E-state index in [1.165, 1.54) is 6.08 Å². The summed E-state index contributed by atoms with van der Waals surface area (Å²) in [5.41, 5.74) is 2.25. The number of aliphatic hydroxyl groups is 2. The van der Waals surface area contributed by atoms with Gasteiger partial charge in [0.1, 0.15) is 6.26 Å². The molecule has 0 aromatic heterocycles. The van der Waals surface area contributed by atoms with Gasteiger partial charge in [-0.3, -0.25) is 0 Å². The van der Waals surface area contributed by atoms with Crippen LogP contribution in [0.15, 0.2) is 18.1 Å². The van der Waals surface area contributed by atoms with E-state index in [1.807, 2.05) is 0 Å². The SMILES string of the molecule is OC=C=CCO. The molecule has 0 amide bonds. The summed E-state index contributed by atoms with van der Waals surface area (Å²) in [6.45, 7) is -0.0724. The van der Waals surface area contributed by atoms with Gasteiger partial charge in [-0.15, -0.1) is 0 Å². The van der Waals surface area contributed by atoms with Gasteiger partial charge >= 0.3 is 0 Å². The zero-order valence-electron chi connectivity index (χ0n) is 3.26. The van der Waals surface area contributed by atoms with Gasteiger partial charge in [0, 0.05) is 0 Å². The highest BCUT2D eigenvalue weighted by Gasteiger charge is 1.53. The molecule has 2 nitrogen and oxygen atoms in total. The Morgan fingerprint density at radius 3 is 2.50 bits per heavy atom. The highest BCUT2D eigenvalue weighted by atomic mass is 16.3. The Kier molecular flexibility index (Phi) is 3.77. The van der Waals surface area contributed by atoms with Crippen LogP contribution in [0.4, 0.5) is 0 Å². The van der Waals surface area contributed by atoms with E-state index in [0.717, 1.165) is 6.26 Å². The molecule has 0 rings (SSSR count). The van der Waals surface area contributed by atoms with Gasteiger partial charge in [0.2, 0.25) is 0 Å². The first-order chi connectivity index (χ1) is 2.91. The van der Waals surface area contributed by atoms with Crippen LogP contribution in [0.5, 0.6) is 0 Å². The minimum absolute atomic E-state index is 0.0724. The van der Waals surface area contributed by atoms with Crippen molar-refractivity contribution < 1.29 is 10.2 Å². The zero-order chi connectivity index (χ0) is 4.83. The van der Waals surface area contributed by atoms with Crippen molar-refractivity contribution in [3.8, 4) is 0 Å². The van der Waals surface area contributed by atoms with Crippen molar-refractivity contribution in [3.05, 3.63) is 18.1 Å². The monoisotopic (exact) mass is 86.0 g/mol. The standard InChI is InChI=1S/C4H6O2/c5-3-1-2-4-6/h1,4-6H,3H2. The van der Waals surface area contributed by atoms with Crippen molar-refractivity contribution in [2.75, 3.05) is 6.61 Å². The first-order valence-electron chi connectivity index (χ1n) is 1.56. The average Bonchev–Trinajstić information content (AvgIpc) is 1.61. The summed E-state index contributed by atoms with van der Waals surface area (Å²) in [7, 11) is 0. The van der Waals surface area contributed by atoms with Crippen molar-refractivity contribution in [1.82, 2.24) is 0 Å². The molecule has 2 N–H and O–H groups in total. The first-order valence-corrected chi connectivity index (χ1v) is 1.56. The molecule has 0 bridgehead atoms. The van der Waals surface area contributed by atoms with E-state index in [9.17, 15) is 0 Å². The summed E-state index contributed by atoms with van der Waals surface area (Å²) in [5.74, 6) is 0. The molecule has 2 heteroatoms. The van der Waals surface area contributed by atoms with Gasteiger partial charge in [-0.1, -0.05) is 5.73 Å². The topological polar surface area (TPSA) is 40.5 Å². The second-order valence-electron chi connectivity index (χ2n) is 0.682. The molecule has 0 aliphatic rings. The molecular weight excluding hydrogens is 80.0 g/mol. The van der Waals surface area contributed by atoms with E-state index in [4.69, 9.17) is 10.2 Å². The quantitative estimate of drug-likeness (QED) is 0.353. The Morgan fingerprint density at radius 2 is 2.33 bits per heavy atom. The largest absolute Gasteiger partial charge is 0.507 e. The number of hydrogen-bond donors (Lipinski definition) is 2. The third kappa shape index (κ3) is 3.28. The van der Waals surface area contributed by atoms with Crippen LogP contribution in [-0.4, -0.2) is 16.8 Å². The van der Waals surface area contributed by atoms with Crippen LogP contribution in [0.25, 0.3) is 0 Å². The average molecular weight is 86.1 g/mol. The molecule has 0 aliphatic heterocycles. The van der Waals surface area contributed by atoms with Gasteiger partial charge in [0.25, 0.3) is 0 Å². The van der Waals surface area contributed by atoms with Gasteiger partial charge in [-0.25, -0.2) is 0 Å². The van der Waals surface area contributed by atoms with Crippen LogP contribution in [0, 0.1) is 0 Å². The molecule has 0 aromatic rings. The smallest absolute Gasteiger partial charge is 0.121 e. The maximum Gasteiger partial charge on any atom is 0.121 e. The molecule has 0 fully saturated rings. The zero-order valence-corrected chi connectivity index (χ0v) is 3.26. The van der Waals surface area contributed by atoms with Crippen LogP contribution < -0.4 is 0 Å². The summed E-state index contributed by atoms with van der Waals surface area (Å²) >= 11 is 0. The van der Waals surface area contributed by atoms with E-state index in [2.05, 4.69) is 5.73 Å². The summed E-state index contributed by atoms with van der Waals surface area (Å²) in [6, 6.07) is 0. The molecule has 6 heavy (non-hydrogen) atoms. The van der Waals surface area contributed by atoms with E-state index in [-0.39, 0.29) is 6.61 Å². The maximum atomic E-state index is 7.95. The Hall–Kier alpha value is -0.720. The van der Waals surface area contributed by atoms with Crippen molar-refractivity contribution in [2.45, 2.75) is 0 Å². The van der Waals surface area contributed by atoms with Gasteiger partial charge in [0.05, 0.1) is 6.61 Å². The van der Waals surface area contributed by atoms with Crippen molar-refractivity contribution in [2.24, 2.45) is 0 Å². The summed E-state index contributed by atoms with van der Waals surface area (Å²) in [5, 5.41) is 15.8. The third-order valence-corrected chi connectivity index (χ3v) is 0.284. The second-order valence-corrected chi connectivity index (χ2v) is 0.682. The van der Waals surface area contributed by atoms with Crippen LogP contribution in [-0.2, 0) is 0 Å². The van der Waals surface area contributed by atoms with E-state index in [1.54, 1.807) is 0 Å². The highest BCUT2D eigenvalue weighted by Crippen LogP contribution is 1.57. The summed E-state index contributed by atoms with van der Waals surface area (Å²) < 4.78 is 0. The normalized spacial score (nSPS) is 6.17. The maximum absolute atomic E-state index is 7.95. The van der Waals surface area contributed by atoms with E-state index >= 15 is 0 Å². The van der Waals surface area contributed by atoms with Crippen LogP contribution in [0.3, 0.4) is 0 Å². The first kappa shape index (κ1) is 5.28. The predicted octanol–water partition coefficient (Wildman–Crippen LogP) is 0.205. The molecule has 34 valence electrons. The Balaban J connectivity index is 3.18. The lowest BCUT2D eigenvalue weighted by molar-refractivity contribution is 0.342. The van der Waals surface area contributed by atoms with Gasteiger partial charge < -0.3 is 10.2 Å². The van der Waals surface area contributed by atoms with E-state index < -0.39 is 0 Å². The molecule has 0 saturated heterocycles. The van der Waals surface area contributed by atoms with E-state index in [0.29, 0.717) is 0 Å². The van der Waals surface area contributed by atoms with Crippen molar-refractivity contribution >= 4 is 0 Å². The molecule has 0 radical (unpaired) electrons. The minimum Gasteiger partial charge on any atom is -0.507 e. The molecular formula is C4H6O2. The molecule has 0 aromatic carbocycles. The fraction of sp³-hybridized carbons (Fsp3) is 0.250. The Bertz CT molecular complexity index is 69.6. The number of rotatable bonds is 1. The lowest BCUT2D eigenvalue weighted by Gasteiger charge is -1.64. The molecule has 0 saturated carbocycles. The highest BCUT2D eigenvalue weighted by molar-refractivity contribution is 4.76. The molecule has 0 unspecified atom stereocenters. The van der Waals surface area contributed by atoms with Gasteiger partial charge in [-0.2, -0.15) is 0 Å². The lowest BCUT2D eigenvalue weighted by Crippen LogP contribution is -1.64. The fourth-order valence-electron chi connectivity index (χ4n) is 0.105. The van der Waals surface area contributed by atoms with Gasteiger partial charge in [-0.05, 0) is 6.08 Å². The van der Waals surface area contributed by atoms with Crippen LogP contribution >= 0.6 is 0 Å². The second kappa shape index (κ2) is 4.28. The molecule has 0 aliphatic carbocycles. The molecule has 0 atom stereocenters. The third-order valence-electron chi connectivity index (χ3n) is 0.284. The lowest BCUT2D eigenvalue weighted by atomic mass is 10.6. The summed E-state index contributed by atoms with van der Waals surface area (Å²) in [6.07, 6.45) is 2.05. The Morgan fingerprint density at radius 1 is 1.67 bits per heavy atom. The molecule has 0 heterocycles. The number of hydrogen-bond acceptors (Lipinski definition) is 2. The minimum atomic E-state index is -0.0724. The fourth-order valence-corrected chi connectivity index (χ4v) is 0.105. The van der Waals surface area contributed by atoms with Crippen molar-refractivity contribution in [1.29, 1.82) is 0 Å². The van der Waals surface area contributed by atoms with Crippen LogP contribution in [0.1, 0.15) is 0 Å². The molecule has 0 spiro atoms.